The van der Waals surface area contributed by atoms with Gasteiger partial charge in [0, 0.05) is 13.1 Å². The van der Waals surface area contributed by atoms with Crippen LogP contribution in [0.25, 0.3) is 0 Å². The van der Waals surface area contributed by atoms with Crippen LogP contribution in [-0.4, -0.2) is 30.7 Å². The van der Waals surface area contributed by atoms with Crippen molar-refractivity contribution in [3.63, 3.8) is 0 Å². The Kier molecular flexibility index (Phi) is 3.96. The van der Waals surface area contributed by atoms with Gasteiger partial charge in [0.15, 0.2) is 4.90 Å². The quantitative estimate of drug-likeness (QED) is 0.516. The van der Waals surface area contributed by atoms with Crippen molar-refractivity contribution in [2.75, 3.05) is 18.8 Å². The van der Waals surface area contributed by atoms with Gasteiger partial charge in [0.1, 0.15) is 5.69 Å². The Morgan fingerprint density at radius 3 is 2.75 bits per heavy atom. The van der Waals surface area contributed by atoms with Crippen LogP contribution in [0.4, 0.5) is 11.4 Å². The molecule has 0 saturated carbocycles. The van der Waals surface area contributed by atoms with E-state index < -0.39 is 20.6 Å². The second kappa shape index (κ2) is 5.37. The Balaban J connectivity index is 2.46. The molecule has 1 aromatic rings. The normalized spacial score (nSPS) is 20.1. The molecule has 1 heterocycles. The molecule has 0 bridgehead atoms. The van der Waals surface area contributed by atoms with E-state index in [-0.39, 0.29) is 10.6 Å². The molecule has 7 nitrogen and oxygen atoms in total. The van der Waals surface area contributed by atoms with Gasteiger partial charge in [-0.2, -0.15) is 4.31 Å². The van der Waals surface area contributed by atoms with Crippen LogP contribution in [0.3, 0.4) is 0 Å². The maximum Gasteiger partial charge on any atom is 0.312 e. The van der Waals surface area contributed by atoms with Gasteiger partial charge in [-0.1, -0.05) is 19.4 Å². The van der Waals surface area contributed by atoms with Crippen molar-refractivity contribution in [2.45, 2.75) is 24.7 Å². The number of nitro groups is 1. The van der Waals surface area contributed by atoms with Crippen molar-refractivity contribution in [3.8, 4) is 0 Å². The average molecular weight is 299 g/mol. The summed E-state index contributed by atoms with van der Waals surface area (Å²) in [6.07, 6.45) is 1.68. The van der Waals surface area contributed by atoms with Crippen molar-refractivity contribution in [1.29, 1.82) is 0 Å². The van der Waals surface area contributed by atoms with E-state index in [9.17, 15) is 18.5 Å². The SMILES string of the molecule is CCC1CCN(S(=O)(=O)c2cccc(N)c2[N+](=O)[O-])C1. The predicted molar refractivity (Wildman–Crippen MR) is 74.7 cm³/mol. The molecule has 0 aromatic heterocycles. The second-order valence-electron chi connectivity index (χ2n) is 4.88. The molecule has 110 valence electrons. The number of hydrogen-bond acceptors (Lipinski definition) is 5. The number of benzene rings is 1. The van der Waals surface area contributed by atoms with Gasteiger partial charge < -0.3 is 5.73 Å². The Labute approximate surface area is 117 Å². The lowest BCUT2D eigenvalue weighted by Crippen LogP contribution is -2.29. The third-order valence-electron chi connectivity index (χ3n) is 3.66. The van der Waals surface area contributed by atoms with Gasteiger partial charge >= 0.3 is 5.69 Å². The summed E-state index contributed by atoms with van der Waals surface area (Å²) < 4.78 is 26.4. The first-order valence-electron chi connectivity index (χ1n) is 6.41. The van der Waals surface area contributed by atoms with Crippen LogP contribution in [0.1, 0.15) is 19.8 Å². The van der Waals surface area contributed by atoms with E-state index >= 15 is 0 Å². The molecule has 2 rings (SSSR count). The third-order valence-corrected chi connectivity index (χ3v) is 5.55. The number of nitrogens with zero attached hydrogens (tertiary/aromatic N) is 2. The van der Waals surface area contributed by atoms with Crippen LogP contribution in [0, 0.1) is 16.0 Å². The zero-order chi connectivity index (χ0) is 14.9. The number of nitrogens with two attached hydrogens (primary N) is 1. The fourth-order valence-electron chi connectivity index (χ4n) is 2.43. The van der Waals surface area contributed by atoms with Gasteiger partial charge in [0.2, 0.25) is 10.0 Å². The molecule has 1 fully saturated rings. The zero-order valence-corrected chi connectivity index (χ0v) is 12.0. The molecule has 1 saturated heterocycles. The molecule has 8 heteroatoms. The molecule has 2 N–H and O–H groups in total. The number of rotatable bonds is 4. The van der Waals surface area contributed by atoms with E-state index in [1.807, 2.05) is 6.92 Å². The predicted octanol–water partition coefficient (Wildman–Crippen LogP) is 1.60. The van der Waals surface area contributed by atoms with E-state index in [1.54, 1.807) is 0 Å². The van der Waals surface area contributed by atoms with Crippen LogP contribution in [0.5, 0.6) is 0 Å². The lowest BCUT2D eigenvalue weighted by Gasteiger charge is -2.16. The van der Waals surface area contributed by atoms with Crippen LogP contribution in [0.2, 0.25) is 0 Å². The third kappa shape index (κ3) is 2.48. The summed E-state index contributed by atoms with van der Waals surface area (Å²) in [6.45, 7) is 2.81. The maximum absolute atomic E-state index is 12.5. The highest BCUT2D eigenvalue weighted by Crippen LogP contribution is 2.34. The minimum absolute atomic E-state index is 0.137. The van der Waals surface area contributed by atoms with Gasteiger partial charge in [-0.05, 0) is 24.5 Å². The smallest absolute Gasteiger partial charge is 0.312 e. The summed E-state index contributed by atoms with van der Waals surface area (Å²) in [5.74, 6) is 0.310. The average Bonchev–Trinajstić information content (AvgIpc) is 2.87. The molecule has 1 aromatic carbocycles. The summed E-state index contributed by atoms with van der Waals surface area (Å²) in [5.41, 5.74) is 4.87. The first-order valence-corrected chi connectivity index (χ1v) is 7.85. The van der Waals surface area contributed by atoms with Crippen molar-refractivity contribution in [3.05, 3.63) is 28.3 Å². The molecular weight excluding hydrogens is 282 g/mol. The molecule has 1 aliphatic rings. The lowest BCUT2D eigenvalue weighted by molar-refractivity contribution is -0.386. The summed E-state index contributed by atoms with van der Waals surface area (Å²) in [7, 11) is -3.87. The van der Waals surface area contributed by atoms with Gasteiger partial charge in [-0.25, -0.2) is 8.42 Å². The number of nitro benzene ring substituents is 1. The highest BCUT2D eigenvalue weighted by atomic mass is 32.2. The topological polar surface area (TPSA) is 107 Å². The van der Waals surface area contributed by atoms with Crippen LogP contribution < -0.4 is 5.73 Å². The largest absolute Gasteiger partial charge is 0.393 e. The Bertz CT molecular complexity index is 630. The van der Waals surface area contributed by atoms with E-state index in [2.05, 4.69) is 0 Å². The summed E-state index contributed by atoms with van der Waals surface area (Å²) in [4.78, 5) is 10.0. The summed E-state index contributed by atoms with van der Waals surface area (Å²) in [6, 6.07) is 3.99. The molecule has 1 aliphatic heterocycles. The first-order chi connectivity index (χ1) is 9.37. The zero-order valence-electron chi connectivity index (χ0n) is 11.2. The fraction of sp³-hybridized carbons (Fsp3) is 0.500. The highest BCUT2D eigenvalue weighted by Gasteiger charge is 2.36. The van der Waals surface area contributed by atoms with Crippen LogP contribution in [0.15, 0.2) is 23.1 Å². The van der Waals surface area contributed by atoms with Gasteiger partial charge in [-0.15, -0.1) is 0 Å². The summed E-state index contributed by atoms with van der Waals surface area (Å²) >= 11 is 0. The van der Waals surface area contributed by atoms with Gasteiger partial charge in [0.25, 0.3) is 0 Å². The maximum atomic E-state index is 12.5. The number of sulfonamides is 1. The summed E-state index contributed by atoms with van der Waals surface area (Å²) in [5, 5.41) is 11.1. The first kappa shape index (κ1) is 14.7. The lowest BCUT2D eigenvalue weighted by atomic mass is 10.1. The molecule has 1 atom stereocenters. The van der Waals surface area contributed by atoms with Crippen LogP contribution in [-0.2, 0) is 10.0 Å². The van der Waals surface area contributed by atoms with E-state index in [1.165, 1.54) is 22.5 Å². The molecule has 0 amide bonds. The van der Waals surface area contributed by atoms with E-state index in [0.29, 0.717) is 19.0 Å². The van der Waals surface area contributed by atoms with Crippen molar-refractivity contribution in [2.24, 2.45) is 5.92 Å². The fourth-order valence-corrected chi connectivity index (χ4v) is 4.15. The second-order valence-corrected chi connectivity index (χ2v) is 6.78. The molecule has 0 aliphatic carbocycles. The number of para-hydroxylation sites is 1. The van der Waals surface area contributed by atoms with Crippen LogP contribution >= 0.6 is 0 Å². The van der Waals surface area contributed by atoms with E-state index in [0.717, 1.165) is 12.8 Å². The Morgan fingerprint density at radius 1 is 1.50 bits per heavy atom. The Morgan fingerprint density at radius 2 is 2.20 bits per heavy atom. The number of nitrogen functional groups attached to an aromatic ring is 1. The van der Waals surface area contributed by atoms with E-state index in [4.69, 9.17) is 5.73 Å². The van der Waals surface area contributed by atoms with Gasteiger partial charge in [-0.3, -0.25) is 10.1 Å². The molecule has 0 radical (unpaired) electrons. The standard InChI is InChI=1S/C12H17N3O4S/c1-2-9-6-7-14(8-9)20(18,19)11-5-3-4-10(13)12(11)15(16)17/h3-5,9H,2,6-8,13H2,1H3. The monoisotopic (exact) mass is 299 g/mol. The highest BCUT2D eigenvalue weighted by molar-refractivity contribution is 7.89. The minimum atomic E-state index is -3.87. The number of hydrogen-bond donors (Lipinski definition) is 1. The molecule has 1 unspecified atom stereocenters. The minimum Gasteiger partial charge on any atom is -0.393 e. The molecule has 20 heavy (non-hydrogen) atoms. The van der Waals surface area contributed by atoms with Crippen molar-refractivity contribution in [1.82, 2.24) is 4.31 Å². The number of anilines is 1. The molecular formula is C12H17N3O4S. The Hall–Kier alpha value is -1.67. The van der Waals surface area contributed by atoms with Gasteiger partial charge in [0.05, 0.1) is 4.92 Å². The molecule has 0 spiro atoms. The van der Waals surface area contributed by atoms with Crippen molar-refractivity contribution < 1.29 is 13.3 Å². The van der Waals surface area contributed by atoms with Crippen molar-refractivity contribution >= 4 is 21.4 Å².